The van der Waals surface area contributed by atoms with Crippen molar-refractivity contribution in [3.8, 4) is 0 Å². The zero-order chi connectivity index (χ0) is 12.3. The summed E-state index contributed by atoms with van der Waals surface area (Å²) in [5.41, 5.74) is 7.27. The van der Waals surface area contributed by atoms with Crippen molar-refractivity contribution in [2.24, 2.45) is 11.7 Å². The average molecular weight is 230 g/mol. The summed E-state index contributed by atoms with van der Waals surface area (Å²) in [6.45, 7) is 2.51. The monoisotopic (exact) mass is 230 g/mol. The van der Waals surface area contributed by atoms with Crippen LogP contribution in [0.25, 0.3) is 10.9 Å². The van der Waals surface area contributed by atoms with Gasteiger partial charge in [0, 0.05) is 11.3 Å². The Hall–Kier alpha value is -1.45. The fourth-order valence-corrected chi connectivity index (χ4v) is 2.01. The van der Waals surface area contributed by atoms with Crippen LogP contribution in [0.4, 0.5) is 0 Å². The van der Waals surface area contributed by atoms with Crippen LogP contribution >= 0.6 is 0 Å². The summed E-state index contributed by atoms with van der Waals surface area (Å²) < 4.78 is 0. The van der Waals surface area contributed by atoms with Crippen LogP contribution in [0, 0.1) is 5.92 Å². The molecule has 0 bridgehead atoms. The molecule has 0 aliphatic heterocycles. The highest BCUT2D eigenvalue weighted by atomic mass is 16.3. The molecule has 0 saturated carbocycles. The van der Waals surface area contributed by atoms with E-state index in [4.69, 9.17) is 5.73 Å². The number of pyridine rings is 1. The molecule has 0 spiro atoms. The highest BCUT2D eigenvalue weighted by Gasteiger charge is 2.19. The smallest absolute Gasteiger partial charge is 0.0999 e. The number of rotatable bonds is 4. The minimum Gasteiger partial charge on any atom is -0.386 e. The van der Waals surface area contributed by atoms with Gasteiger partial charge >= 0.3 is 0 Å². The van der Waals surface area contributed by atoms with Gasteiger partial charge in [-0.15, -0.1) is 0 Å². The Balaban J connectivity index is 2.35. The molecule has 1 heterocycles. The second-order valence-electron chi connectivity index (χ2n) is 4.28. The zero-order valence-corrected chi connectivity index (χ0v) is 10.0. The van der Waals surface area contributed by atoms with Gasteiger partial charge in [0.05, 0.1) is 17.3 Å². The van der Waals surface area contributed by atoms with Crippen LogP contribution in [0.15, 0.2) is 36.4 Å². The van der Waals surface area contributed by atoms with Crippen molar-refractivity contribution in [3.63, 3.8) is 0 Å². The molecular formula is C14H18N2O. The topological polar surface area (TPSA) is 59.1 Å². The third-order valence-corrected chi connectivity index (χ3v) is 3.20. The zero-order valence-electron chi connectivity index (χ0n) is 10.0. The van der Waals surface area contributed by atoms with Crippen molar-refractivity contribution in [1.82, 2.24) is 4.98 Å². The lowest BCUT2D eigenvalue weighted by atomic mass is 9.96. The Morgan fingerprint density at radius 2 is 2.00 bits per heavy atom. The molecule has 0 fully saturated rings. The molecule has 1 aromatic heterocycles. The molecule has 0 aliphatic rings. The minimum atomic E-state index is -0.574. The standard InChI is InChI=1S/C14H18N2O/c1-2-10(9-15)14(17)13-8-7-11-5-3-4-6-12(11)16-13/h3-8,10,14,17H,2,9,15H2,1H3. The Labute approximate surface area is 101 Å². The Bertz CT molecular complexity index is 494. The van der Waals surface area contributed by atoms with Crippen molar-refractivity contribution in [2.45, 2.75) is 19.4 Å². The number of para-hydroxylation sites is 1. The number of nitrogens with zero attached hydrogens (tertiary/aromatic N) is 1. The fraction of sp³-hybridized carbons (Fsp3) is 0.357. The number of hydrogen-bond acceptors (Lipinski definition) is 3. The number of aliphatic hydroxyl groups is 1. The maximum atomic E-state index is 10.2. The van der Waals surface area contributed by atoms with Gasteiger partial charge in [-0.25, -0.2) is 0 Å². The number of hydrogen-bond donors (Lipinski definition) is 2. The summed E-state index contributed by atoms with van der Waals surface area (Å²) in [5.74, 6) is 0.0728. The molecule has 2 unspecified atom stereocenters. The first-order valence-corrected chi connectivity index (χ1v) is 6.00. The molecule has 17 heavy (non-hydrogen) atoms. The van der Waals surface area contributed by atoms with Gasteiger partial charge in [-0.2, -0.15) is 0 Å². The lowest BCUT2D eigenvalue weighted by Crippen LogP contribution is -2.21. The molecule has 3 heteroatoms. The third-order valence-electron chi connectivity index (χ3n) is 3.20. The molecule has 3 N–H and O–H groups in total. The summed E-state index contributed by atoms with van der Waals surface area (Å²) in [7, 11) is 0. The van der Waals surface area contributed by atoms with Gasteiger partial charge in [0.25, 0.3) is 0 Å². The molecule has 0 amide bonds. The summed E-state index contributed by atoms with van der Waals surface area (Å²) in [4.78, 5) is 4.49. The summed E-state index contributed by atoms with van der Waals surface area (Å²) in [6, 6.07) is 11.8. The fourth-order valence-electron chi connectivity index (χ4n) is 2.01. The lowest BCUT2D eigenvalue weighted by Gasteiger charge is -2.19. The molecular weight excluding hydrogens is 212 g/mol. The van der Waals surface area contributed by atoms with E-state index in [2.05, 4.69) is 4.98 Å². The van der Waals surface area contributed by atoms with Gasteiger partial charge in [0.15, 0.2) is 0 Å². The Kier molecular flexibility index (Phi) is 3.71. The van der Waals surface area contributed by atoms with E-state index < -0.39 is 6.10 Å². The van der Waals surface area contributed by atoms with Crippen molar-refractivity contribution in [3.05, 3.63) is 42.1 Å². The summed E-state index contributed by atoms with van der Waals surface area (Å²) in [5, 5.41) is 11.3. The van der Waals surface area contributed by atoms with Gasteiger partial charge in [0.2, 0.25) is 0 Å². The van der Waals surface area contributed by atoms with Gasteiger partial charge in [0.1, 0.15) is 0 Å². The highest BCUT2D eigenvalue weighted by molar-refractivity contribution is 5.78. The molecule has 0 aliphatic carbocycles. The molecule has 2 rings (SSSR count). The first kappa shape index (κ1) is 12.0. The molecule has 2 aromatic rings. The van der Waals surface area contributed by atoms with Gasteiger partial charge in [-0.05, 0) is 25.1 Å². The lowest BCUT2D eigenvalue weighted by molar-refractivity contribution is 0.106. The van der Waals surface area contributed by atoms with Crippen LogP contribution in [0.1, 0.15) is 25.1 Å². The first-order chi connectivity index (χ1) is 8.26. The summed E-state index contributed by atoms with van der Waals surface area (Å²) >= 11 is 0. The van der Waals surface area contributed by atoms with E-state index in [0.717, 1.165) is 17.3 Å². The SMILES string of the molecule is CCC(CN)C(O)c1ccc2ccccc2n1. The largest absolute Gasteiger partial charge is 0.386 e. The molecule has 2 atom stereocenters. The number of benzene rings is 1. The molecule has 1 aromatic carbocycles. The van der Waals surface area contributed by atoms with E-state index in [0.29, 0.717) is 12.2 Å². The van der Waals surface area contributed by atoms with Crippen LogP contribution in [0.2, 0.25) is 0 Å². The van der Waals surface area contributed by atoms with Crippen LogP contribution in [0.3, 0.4) is 0 Å². The maximum absolute atomic E-state index is 10.2. The molecule has 90 valence electrons. The molecule has 0 saturated heterocycles. The second kappa shape index (κ2) is 5.25. The summed E-state index contributed by atoms with van der Waals surface area (Å²) in [6.07, 6.45) is 0.279. The van der Waals surface area contributed by atoms with E-state index in [-0.39, 0.29) is 5.92 Å². The van der Waals surface area contributed by atoms with E-state index in [1.807, 2.05) is 43.3 Å². The van der Waals surface area contributed by atoms with Crippen LogP contribution < -0.4 is 5.73 Å². The predicted molar refractivity (Wildman–Crippen MR) is 69.5 cm³/mol. The van der Waals surface area contributed by atoms with Crippen molar-refractivity contribution in [1.29, 1.82) is 0 Å². The highest BCUT2D eigenvalue weighted by Crippen LogP contribution is 2.24. The Morgan fingerprint density at radius 3 is 2.71 bits per heavy atom. The van der Waals surface area contributed by atoms with Gasteiger partial charge in [-0.1, -0.05) is 31.2 Å². The van der Waals surface area contributed by atoms with Crippen molar-refractivity contribution < 1.29 is 5.11 Å². The van der Waals surface area contributed by atoms with Crippen LogP contribution in [-0.2, 0) is 0 Å². The van der Waals surface area contributed by atoms with Crippen LogP contribution in [0.5, 0.6) is 0 Å². The molecule has 0 radical (unpaired) electrons. The van der Waals surface area contributed by atoms with Crippen molar-refractivity contribution in [2.75, 3.05) is 6.54 Å². The van der Waals surface area contributed by atoms with E-state index in [9.17, 15) is 5.11 Å². The number of aromatic nitrogens is 1. The predicted octanol–water partition coefficient (Wildman–Crippen LogP) is 2.25. The molecule has 3 nitrogen and oxygen atoms in total. The minimum absolute atomic E-state index is 0.0728. The average Bonchev–Trinajstić information content (AvgIpc) is 2.39. The Morgan fingerprint density at radius 1 is 1.24 bits per heavy atom. The number of fused-ring (bicyclic) bond motifs is 1. The number of nitrogens with two attached hydrogens (primary N) is 1. The quantitative estimate of drug-likeness (QED) is 0.847. The van der Waals surface area contributed by atoms with Crippen LogP contribution in [-0.4, -0.2) is 16.6 Å². The van der Waals surface area contributed by atoms with Gasteiger partial charge < -0.3 is 10.8 Å². The van der Waals surface area contributed by atoms with E-state index >= 15 is 0 Å². The normalized spacial score (nSPS) is 14.8. The first-order valence-electron chi connectivity index (χ1n) is 6.00. The third kappa shape index (κ3) is 2.46. The second-order valence-corrected chi connectivity index (χ2v) is 4.28. The van der Waals surface area contributed by atoms with E-state index in [1.165, 1.54) is 0 Å². The maximum Gasteiger partial charge on any atom is 0.0999 e. The number of aliphatic hydroxyl groups excluding tert-OH is 1. The van der Waals surface area contributed by atoms with Gasteiger partial charge in [-0.3, -0.25) is 4.98 Å². The van der Waals surface area contributed by atoms with Crippen molar-refractivity contribution >= 4 is 10.9 Å². The van der Waals surface area contributed by atoms with E-state index in [1.54, 1.807) is 0 Å².